The third-order valence-electron chi connectivity index (χ3n) is 14.0. The van der Waals surface area contributed by atoms with Crippen LogP contribution in [0.15, 0.2) is 218 Å². The molecule has 0 N–H and O–H groups in total. The number of fused-ring (bicyclic) bond motifs is 14. The molecule has 0 radical (unpaired) electrons. The highest BCUT2D eigenvalue weighted by Gasteiger charge is 2.53. The second-order valence-electron chi connectivity index (χ2n) is 17.4. The highest BCUT2D eigenvalue weighted by atomic mass is 32.1. The molecular formula is C61H39NO2S. The lowest BCUT2D eigenvalue weighted by molar-refractivity contribution is 0.359. The lowest BCUT2D eigenvalue weighted by Crippen LogP contribution is -2.27. The summed E-state index contributed by atoms with van der Waals surface area (Å²) in [6.07, 6.45) is 6.73. The first-order valence-electron chi connectivity index (χ1n) is 22.5. The van der Waals surface area contributed by atoms with Crippen molar-refractivity contribution in [3.8, 4) is 56.4 Å². The van der Waals surface area contributed by atoms with Gasteiger partial charge in [-0.15, -0.1) is 11.3 Å². The van der Waals surface area contributed by atoms with Crippen LogP contribution in [0.25, 0.3) is 59.1 Å². The maximum absolute atomic E-state index is 6.92. The van der Waals surface area contributed by atoms with Crippen molar-refractivity contribution < 1.29 is 9.47 Å². The van der Waals surface area contributed by atoms with E-state index in [-0.39, 0.29) is 5.41 Å². The summed E-state index contributed by atoms with van der Waals surface area (Å²) in [6.45, 7) is 0. The van der Waals surface area contributed by atoms with Crippen molar-refractivity contribution in [3.63, 3.8) is 0 Å². The van der Waals surface area contributed by atoms with E-state index in [1.165, 1.54) is 75.8 Å². The second kappa shape index (κ2) is 14.0. The minimum Gasteiger partial charge on any atom is -0.450 e. The molecule has 65 heavy (non-hydrogen) atoms. The van der Waals surface area contributed by atoms with Crippen LogP contribution in [-0.4, -0.2) is 0 Å². The number of anilines is 3. The maximum atomic E-state index is 6.92. The molecule has 1 aliphatic heterocycles. The van der Waals surface area contributed by atoms with Gasteiger partial charge >= 0.3 is 0 Å². The molecule has 1 unspecified atom stereocenters. The fourth-order valence-electron chi connectivity index (χ4n) is 11.3. The predicted octanol–water partition coefficient (Wildman–Crippen LogP) is 17.2. The molecular weight excluding hydrogens is 811 g/mol. The fraction of sp³-hybridized carbons (Fsp3) is 0.0492. The Kier molecular flexibility index (Phi) is 7.90. The summed E-state index contributed by atoms with van der Waals surface area (Å²) in [5.41, 5.74) is 18.0. The minimum atomic E-state index is -0.368. The summed E-state index contributed by atoms with van der Waals surface area (Å²) in [6, 6.07) is 72.5. The van der Waals surface area contributed by atoms with Crippen molar-refractivity contribution in [1.82, 2.24) is 0 Å². The Morgan fingerprint density at radius 3 is 1.97 bits per heavy atom. The van der Waals surface area contributed by atoms with Gasteiger partial charge in [-0.1, -0.05) is 152 Å². The highest BCUT2D eigenvalue weighted by molar-refractivity contribution is 7.26. The molecule has 3 nitrogen and oxygen atoms in total. The Balaban J connectivity index is 0.847. The first kappa shape index (κ1) is 36.6. The van der Waals surface area contributed by atoms with Crippen LogP contribution in [0.5, 0.6) is 23.0 Å². The smallest absolute Gasteiger partial charge is 0.170 e. The molecule has 4 heteroatoms. The van der Waals surface area contributed by atoms with Gasteiger partial charge in [0.05, 0.1) is 11.1 Å². The molecule has 1 atom stereocenters. The molecule has 1 aromatic heterocycles. The molecule has 0 fully saturated rings. The summed E-state index contributed by atoms with van der Waals surface area (Å²) >= 11 is 1.87. The van der Waals surface area contributed by atoms with Gasteiger partial charge in [0.15, 0.2) is 23.0 Å². The molecule has 0 amide bonds. The van der Waals surface area contributed by atoms with Crippen LogP contribution < -0.4 is 14.4 Å². The Morgan fingerprint density at radius 2 is 1.09 bits per heavy atom. The maximum Gasteiger partial charge on any atom is 0.170 e. The molecule has 4 aliphatic rings. The van der Waals surface area contributed by atoms with Gasteiger partial charge in [-0.2, -0.15) is 0 Å². The van der Waals surface area contributed by atoms with E-state index in [9.17, 15) is 0 Å². The first-order chi connectivity index (χ1) is 32.2. The van der Waals surface area contributed by atoms with Crippen molar-refractivity contribution in [2.75, 3.05) is 4.90 Å². The van der Waals surface area contributed by atoms with E-state index in [1.807, 2.05) is 11.3 Å². The van der Waals surface area contributed by atoms with E-state index in [0.29, 0.717) is 11.5 Å². The van der Waals surface area contributed by atoms with E-state index < -0.39 is 0 Å². The third kappa shape index (κ3) is 5.29. The monoisotopic (exact) mass is 849 g/mol. The van der Waals surface area contributed by atoms with Crippen LogP contribution in [0.3, 0.4) is 0 Å². The number of ether oxygens (including phenoxy) is 2. The van der Waals surface area contributed by atoms with Crippen LogP contribution >= 0.6 is 11.3 Å². The lowest BCUT2D eigenvalue weighted by Gasteiger charge is -2.34. The van der Waals surface area contributed by atoms with Gasteiger partial charge in [0, 0.05) is 37.1 Å². The topological polar surface area (TPSA) is 21.7 Å². The third-order valence-corrected chi connectivity index (χ3v) is 15.3. The van der Waals surface area contributed by atoms with Crippen LogP contribution in [-0.2, 0) is 5.41 Å². The molecule has 14 rings (SSSR count). The Bertz CT molecular complexity index is 3670. The standard InChI is InChI=1S/C61H39NO2S/c1-2-15-40(16-3-1)62(41-32-29-38(30-33-41)43-22-14-23-48-47-21-8-13-28-59(47)65-60(43)48)54-27-12-7-17-42(54)39-31-34-55-56(35-39)64-57-36-49-46-20-6-11-26-52(46)61(53(49)37-58(57)63-55)50-24-9-4-18-44(50)45-19-5-10-25-51(45)61/h1-9,11-24,26-37H,10,25H2. The van der Waals surface area contributed by atoms with E-state index in [0.717, 1.165) is 52.5 Å². The fourth-order valence-corrected chi connectivity index (χ4v) is 12.6. The zero-order chi connectivity index (χ0) is 42.6. The molecule has 306 valence electrons. The van der Waals surface area contributed by atoms with Gasteiger partial charge in [0.25, 0.3) is 0 Å². The van der Waals surface area contributed by atoms with Gasteiger partial charge in [0.2, 0.25) is 0 Å². The number of allylic oxidation sites excluding steroid dienone is 4. The van der Waals surface area contributed by atoms with Crippen molar-refractivity contribution in [1.29, 1.82) is 0 Å². The summed E-state index contributed by atoms with van der Waals surface area (Å²) in [4.78, 5) is 2.35. The number of benzene rings is 9. The van der Waals surface area contributed by atoms with Crippen LogP contribution in [0.2, 0.25) is 0 Å². The van der Waals surface area contributed by atoms with Crippen LogP contribution in [0.4, 0.5) is 17.1 Å². The molecule has 3 aliphatic carbocycles. The number of nitrogens with zero attached hydrogens (tertiary/aromatic N) is 1. The predicted molar refractivity (Wildman–Crippen MR) is 269 cm³/mol. The Labute approximate surface area is 381 Å². The molecule has 0 bridgehead atoms. The number of hydrogen-bond acceptors (Lipinski definition) is 4. The van der Waals surface area contributed by atoms with E-state index in [1.54, 1.807) is 0 Å². The minimum absolute atomic E-state index is 0.368. The van der Waals surface area contributed by atoms with E-state index in [2.05, 4.69) is 217 Å². The SMILES string of the molecule is C1=CC2=C(CC1)C1(c3ccccc32)c2ccccc2-c2cc3c(cc21)Oc1ccc(-c2ccccc2N(c2ccccc2)c2ccc(-c4cccc5c4sc4ccccc45)cc2)cc1O3. The lowest BCUT2D eigenvalue weighted by atomic mass is 9.68. The molecule has 9 aromatic carbocycles. The number of hydrogen-bond donors (Lipinski definition) is 0. The van der Waals surface area contributed by atoms with E-state index >= 15 is 0 Å². The Morgan fingerprint density at radius 1 is 0.446 bits per heavy atom. The average molecular weight is 850 g/mol. The summed E-state index contributed by atoms with van der Waals surface area (Å²) in [7, 11) is 0. The molecule has 2 heterocycles. The molecule has 0 saturated carbocycles. The zero-order valence-electron chi connectivity index (χ0n) is 35.3. The van der Waals surface area contributed by atoms with Crippen LogP contribution in [0.1, 0.15) is 35.1 Å². The van der Waals surface area contributed by atoms with Gasteiger partial charge < -0.3 is 14.4 Å². The summed E-state index contributed by atoms with van der Waals surface area (Å²) < 4.78 is 16.4. The number of thiophene rings is 1. The summed E-state index contributed by atoms with van der Waals surface area (Å²) in [5.74, 6) is 2.89. The quantitative estimate of drug-likeness (QED) is 0.172. The largest absolute Gasteiger partial charge is 0.450 e. The highest BCUT2D eigenvalue weighted by Crippen LogP contribution is 2.65. The molecule has 10 aromatic rings. The van der Waals surface area contributed by atoms with Crippen molar-refractivity contribution >= 4 is 54.1 Å². The Hall–Kier alpha value is -7.92. The summed E-state index contributed by atoms with van der Waals surface area (Å²) in [5, 5.41) is 2.62. The van der Waals surface area contributed by atoms with E-state index in [4.69, 9.17) is 9.47 Å². The zero-order valence-corrected chi connectivity index (χ0v) is 36.1. The number of rotatable bonds is 5. The van der Waals surface area contributed by atoms with Crippen molar-refractivity contribution in [3.05, 3.63) is 240 Å². The normalized spacial score (nSPS) is 16.1. The van der Waals surface area contributed by atoms with Crippen molar-refractivity contribution in [2.24, 2.45) is 0 Å². The molecule has 1 spiro atoms. The van der Waals surface area contributed by atoms with Crippen LogP contribution in [0, 0.1) is 0 Å². The molecule has 0 saturated heterocycles. The van der Waals surface area contributed by atoms with Gasteiger partial charge in [-0.3, -0.25) is 0 Å². The van der Waals surface area contributed by atoms with Gasteiger partial charge in [-0.05, 0) is 135 Å². The van der Waals surface area contributed by atoms with Gasteiger partial charge in [0.1, 0.15) is 0 Å². The first-order valence-corrected chi connectivity index (χ1v) is 23.3. The number of para-hydroxylation sites is 2. The van der Waals surface area contributed by atoms with Crippen molar-refractivity contribution in [2.45, 2.75) is 18.3 Å². The van der Waals surface area contributed by atoms with Gasteiger partial charge in [-0.25, -0.2) is 0 Å². The average Bonchev–Trinajstić information content (AvgIpc) is 4.00. The second-order valence-corrected chi connectivity index (χ2v) is 18.5.